The van der Waals surface area contributed by atoms with Crippen molar-refractivity contribution in [3.05, 3.63) is 52.6 Å². The first-order valence-electron chi connectivity index (χ1n) is 13.6. The van der Waals surface area contributed by atoms with E-state index in [1.807, 2.05) is 0 Å². The Hall–Kier alpha value is -3.06. The molecule has 4 rings (SSSR count). The quantitative estimate of drug-likeness (QED) is 0.209. The van der Waals surface area contributed by atoms with Crippen molar-refractivity contribution in [2.75, 3.05) is 19.6 Å². The molecule has 1 saturated carbocycles. The van der Waals surface area contributed by atoms with Crippen molar-refractivity contribution in [1.29, 1.82) is 5.41 Å². The molecule has 1 saturated heterocycles. The van der Waals surface area contributed by atoms with Crippen LogP contribution < -0.4 is 10.6 Å². The zero-order valence-electron chi connectivity index (χ0n) is 22.3. The number of amides is 1. The van der Waals surface area contributed by atoms with Crippen LogP contribution in [-0.2, 0) is 17.4 Å². The minimum atomic E-state index is -4.72. The molecule has 1 amide bonds. The molecule has 4 N–H and O–H groups in total. The molecule has 14 heteroatoms. The standard InChI is InChI=1S/C27H33ClF5N7O/c28-20-9-4-3-8-19(20)22(35-17-6-1-2-7-17)15-21(34)24(41)36-18(10-13-40-12-5-11-26(29,30)16-40)14-23-37-25(39-38-23)27(31,32)33/h3-4,8-9,15,17-18,34-35H,1-2,5-7,10-14,16H2,(H,36,41)(H,37,38,39)/b22-15-,34-21?. The van der Waals surface area contributed by atoms with E-state index >= 15 is 0 Å². The van der Waals surface area contributed by atoms with Crippen LogP contribution in [0.1, 0.15) is 62.2 Å². The van der Waals surface area contributed by atoms with Crippen LogP contribution in [0.5, 0.6) is 0 Å². The molecule has 0 radical (unpaired) electrons. The molecule has 2 aliphatic rings. The molecule has 1 aromatic carbocycles. The maximum atomic E-state index is 13.9. The number of aromatic amines is 1. The van der Waals surface area contributed by atoms with Gasteiger partial charge in [-0.05, 0) is 44.4 Å². The average molecular weight is 602 g/mol. The van der Waals surface area contributed by atoms with E-state index in [-0.39, 0.29) is 37.7 Å². The van der Waals surface area contributed by atoms with Crippen LogP contribution in [0.15, 0.2) is 30.3 Å². The molecule has 224 valence electrons. The number of likely N-dealkylation sites (tertiary alicyclic amines) is 1. The Kier molecular flexibility index (Phi) is 10.0. The summed E-state index contributed by atoms with van der Waals surface area (Å²) < 4.78 is 66.9. The van der Waals surface area contributed by atoms with Gasteiger partial charge in [-0.2, -0.15) is 13.2 Å². The molecule has 1 aliphatic heterocycles. The van der Waals surface area contributed by atoms with E-state index in [1.54, 1.807) is 29.2 Å². The SMILES string of the molecule is N=C(/C=C(\NC1CCCC1)c1ccccc1Cl)C(=O)NC(CCN1CCCC(F)(F)C1)Cc1nnc(C(F)(F)F)[nH]1. The Morgan fingerprint density at radius 3 is 2.61 bits per heavy atom. The summed E-state index contributed by atoms with van der Waals surface area (Å²) in [5, 5.41) is 21.7. The summed E-state index contributed by atoms with van der Waals surface area (Å²) in [4.78, 5) is 16.8. The third-order valence-corrected chi connectivity index (χ3v) is 7.58. The summed E-state index contributed by atoms with van der Waals surface area (Å²) in [5.41, 5.74) is 0.746. The maximum Gasteiger partial charge on any atom is 0.451 e. The van der Waals surface area contributed by atoms with Gasteiger partial charge < -0.3 is 15.6 Å². The number of carbonyl (C=O) groups is 1. The zero-order chi connectivity index (χ0) is 29.6. The summed E-state index contributed by atoms with van der Waals surface area (Å²) in [6, 6.07) is 6.42. The molecule has 2 fully saturated rings. The van der Waals surface area contributed by atoms with Crippen LogP contribution in [0.25, 0.3) is 5.70 Å². The molecule has 1 aromatic heterocycles. The van der Waals surface area contributed by atoms with Gasteiger partial charge in [-0.25, -0.2) is 8.78 Å². The number of alkyl halides is 5. The number of nitrogens with zero attached hydrogens (tertiary/aromatic N) is 3. The zero-order valence-corrected chi connectivity index (χ0v) is 23.1. The Labute approximate surface area is 239 Å². The second kappa shape index (κ2) is 13.3. The van der Waals surface area contributed by atoms with Gasteiger partial charge in [-0.3, -0.25) is 15.1 Å². The summed E-state index contributed by atoms with van der Waals surface area (Å²) in [6.07, 6.45) is 0.772. The second-order valence-electron chi connectivity index (χ2n) is 10.6. The number of piperidine rings is 1. The third kappa shape index (κ3) is 8.96. The lowest BCUT2D eigenvalue weighted by Crippen LogP contribution is -2.46. The van der Waals surface area contributed by atoms with Gasteiger partial charge >= 0.3 is 6.18 Å². The third-order valence-electron chi connectivity index (χ3n) is 7.25. The highest BCUT2D eigenvalue weighted by Gasteiger charge is 2.36. The van der Waals surface area contributed by atoms with E-state index in [0.717, 1.165) is 25.7 Å². The summed E-state index contributed by atoms with van der Waals surface area (Å²) in [6.45, 7) is 0.197. The smallest absolute Gasteiger partial charge is 0.382 e. The number of carbonyl (C=O) groups excluding carboxylic acids is 1. The Bertz CT molecular complexity index is 1240. The molecule has 41 heavy (non-hydrogen) atoms. The van der Waals surface area contributed by atoms with Gasteiger partial charge in [0.05, 0.1) is 6.54 Å². The van der Waals surface area contributed by atoms with Gasteiger partial charge in [-0.1, -0.05) is 42.6 Å². The van der Waals surface area contributed by atoms with Crippen LogP contribution in [0.2, 0.25) is 5.02 Å². The lowest BCUT2D eigenvalue weighted by molar-refractivity contribution is -0.144. The van der Waals surface area contributed by atoms with Gasteiger partial charge in [0.1, 0.15) is 11.5 Å². The monoisotopic (exact) mass is 601 g/mol. The van der Waals surface area contributed by atoms with Crippen molar-refractivity contribution in [2.24, 2.45) is 0 Å². The first-order valence-corrected chi connectivity index (χ1v) is 14.0. The number of benzene rings is 1. The minimum absolute atomic E-state index is 0.117. The highest BCUT2D eigenvalue weighted by Crippen LogP contribution is 2.28. The first kappa shape index (κ1) is 30.9. The fraction of sp³-hybridized carbons (Fsp3) is 0.556. The molecule has 2 aromatic rings. The molecular formula is C27H33ClF5N7O. The van der Waals surface area contributed by atoms with Gasteiger partial charge in [0.25, 0.3) is 11.8 Å². The fourth-order valence-electron chi connectivity index (χ4n) is 5.19. The predicted molar refractivity (Wildman–Crippen MR) is 145 cm³/mol. The minimum Gasteiger partial charge on any atom is -0.382 e. The van der Waals surface area contributed by atoms with E-state index in [0.29, 0.717) is 29.2 Å². The summed E-state index contributed by atoms with van der Waals surface area (Å²) in [7, 11) is 0. The Morgan fingerprint density at radius 2 is 1.95 bits per heavy atom. The van der Waals surface area contributed by atoms with Crippen molar-refractivity contribution in [3.63, 3.8) is 0 Å². The number of hydrogen-bond donors (Lipinski definition) is 4. The molecule has 0 spiro atoms. The van der Waals surface area contributed by atoms with Crippen LogP contribution in [0.3, 0.4) is 0 Å². The molecule has 1 atom stereocenters. The Balaban J connectivity index is 1.50. The van der Waals surface area contributed by atoms with Crippen molar-refractivity contribution in [2.45, 2.75) is 75.5 Å². The van der Waals surface area contributed by atoms with Crippen LogP contribution >= 0.6 is 11.6 Å². The highest BCUT2D eigenvalue weighted by atomic mass is 35.5. The summed E-state index contributed by atoms with van der Waals surface area (Å²) in [5.74, 6) is -4.98. The lowest BCUT2D eigenvalue weighted by atomic mass is 10.0. The number of halogens is 6. The van der Waals surface area contributed by atoms with E-state index in [4.69, 9.17) is 17.0 Å². The summed E-state index contributed by atoms with van der Waals surface area (Å²) >= 11 is 6.40. The average Bonchev–Trinajstić information content (AvgIpc) is 3.59. The first-order chi connectivity index (χ1) is 19.4. The lowest BCUT2D eigenvalue weighted by Gasteiger charge is -2.33. The topological polar surface area (TPSA) is 110 Å². The normalized spacial score (nSPS) is 19.2. The molecular weight excluding hydrogens is 569 g/mol. The van der Waals surface area contributed by atoms with Gasteiger partial charge in [0, 0.05) is 47.8 Å². The highest BCUT2D eigenvalue weighted by molar-refractivity contribution is 6.43. The molecule has 0 bridgehead atoms. The molecule has 2 heterocycles. The molecule has 1 unspecified atom stereocenters. The van der Waals surface area contributed by atoms with Crippen LogP contribution in [-0.4, -0.2) is 69.3 Å². The van der Waals surface area contributed by atoms with Crippen molar-refractivity contribution >= 4 is 28.9 Å². The predicted octanol–water partition coefficient (Wildman–Crippen LogP) is 5.22. The maximum absolute atomic E-state index is 13.9. The number of nitrogens with one attached hydrogen (secondary N) is 4. The van der Waals surface area contributed by atoms with Gasteiger partial charge in [0.15, 0.2) is 0 Å². The fourth-order valence-corrected chi connectivity index (χ4v) is 5.43. The van der Waals surface area contributed by atoms with Crippen molar-refractivity contribution in [1.82, 2.24) is 30.7 Å². The van der Waals surface area contributed by atoms with E-state index in [2.05, 4.69) is 25.8 Å². The van der Waals surface area contributed by atoms with E-state index in [1.165, 1.54) is 6.08 Å². The van der Waals surface area contributed by atoms with Gasteiger partial charge in [0.2, 0.25) is 5.82 Å². The van der Waals surface area contributed by atoms with Gasteiger partial charge in [-0.15, -0.1) is 10.2 Å². The number of aromatic nitrogens is 3. The van der Waals surface area contributed by atoms with E-state index < -0.39 is 42.1 Å². The van der Waals surface area contributed by atoms with Crippen LogP contribution in [0.4, 0.5) is 22.0 Å². The number of hydrogen-bond acceptors (Lipinski definition) is 6. The number of rotatable bonds is 11. The van der Waals surface area contributed by atoms with Crippen LogP contribution in [0, 0.1) is 5.41 Å². The molecule has 1 aliphatic carbocycles. The Morgan fingerprint density at radius 1 is 1.22 bits per heavy atom. The van der Waals surface area contributed by atoms with Crippen molar-refractivity contribution < 1.29 is 26.7 Å². The number of H-pyrrole nitrogens is 1. The van der Waals surface area contributed by atoms with Crippen molar-refractivity contribution in [3.8, 4) is 0 Å². The largest absolute Gasteiger partial charge is 0.451 e. The van der Waals surface area contributed by atoms with E-state index in [9.17, 15) is 26.7 Å². The molecule has 8 nitrogen and oxygen atoms in total. The second-order valence-corrected chi connectivity index (χ2v) is 11.0.